The van der Waals surface area contributed by atoms with Crippen molar-refractivity contribution in [1.82, 2.24) is 0 Å². The molecule has 31 heavy (non-hydrogen) atoms. The zero-order chi connectivity index (χ0) is 22.5. The molecule has 0 unspecified atom stereocenters. The van der Waals surface area contributed by atoms with Gasteiger partial charge in [-0.15, -0.1) is 0 Å². The molecule has 0 fully saturated rings. The number of hydrogen-bond donors (Lipinski definition) is 2. The molecule has 0 radical (unpaired) electrons. The Labute approximate surface area is 179 Å². The quantitative estimate of drug-likeness (QED) is 0.244. The van der Waals surface area contributed by atoms with Crippen molar-refractivity contribution in [3.05, 3.63) is 86.6 Å². The number of amides is 1. The Kier molecular flexibility index (Phi) is 6.14. The molecule has 0 atom stereocenters. The number of nitrogens with zero attached hydrogens (tertiary/aromatic N) is 2. The van der Waals surface area contributed by atoms with Gasteiger partial charge in [0.2, 0.25) is 0 Å². The number of rotatable bonds is 6. The fourth-order valence-corrected chi connectivity index (χ4v) is 2.88. The Bertz CT molecular complexity index is 1270. The van der Waals surface area contributed by atoms with Crippen LogP contribution in [0, 0.1) is 21.4 Å². The van der Waals surface area contributed by atoms with E-state index in [2.05, 4.69) is 5.32 Å². The maximum absolute atomic E-state index is 12.4. The van der Waals surface area contributed by atoms with Crippen LogP contribution in [-0.2, 0) is 4.79 Å². The summed E-state index contributed by atoms with van der Waals surface area (Å²) in [6.07, 6.45) is 1.21. The average molecular weight is 438 g/mol. The highest BCUT2D eigenvalue weighted by Gasteiger charge is 2.15. The number of halogens is 1. The van der Waals surface area contributed by atoms with Gasteiger partial charge in [-0.05, 0) is 36.4 Å². The summed E-state index contributed by atoms with van der Waals surface area (Å²) < 4.78 is 5.59. The second kappa shape index (κ2) is 8.94. The lowest BCUT2D eigenvalue weighted by Gasteiger charge is -2.05. The van der Waals surface area contributed by atoms with Gasteiger partial charge in [0.05, 0.1) is 15.5 Å². The molecule has 0 bridgehead atoms. The van der Waals surface area contributed by atoms with Crippen LogP contribution in [0.1, 0.15) is 16.1 Å². The number of furan rings is 1. The molecule has 3 rings (SSSR count). The van der Waals surface area contributed by atoms with Crippen molar-refractivity contribution in [3.63, 3.8) is 0 Å². The maximum atomic E-state index is 12.4. The smallest absolute Gasteiger partial charge is 0.335 e. The van der Waals surface area contributed by atoms with Crippen LogP contribution in [0.2, 0.25) is 5.02 Å². The van der Waals surface area contributed by atoms with Gasteiger partial charge < -0.3 is 14.8 Å². The van der Waals surface area contributed by atoms with E-state index in [1.165, 1.54) is 54.6 Å². The minimum atomic E-state index is -1.15. The molecule has 2 aromatic carbocycles. The SMILES string of the molecule is N#C/C(=C/c1ccc(-c2ccc([N+](=O)[O-])cc2Cl)o1)C(=O)Nc1cccc(C(=O)O)c1. The number of aromatic carboxylic acids is 1. The Balaban J connectivity index is 1.82. The molecular formula is C21H12ClN3O6. The zero-order valence-electron chi connectivity index (χ0n) is 15.5. The number of nitro benzene ring substituents is 1. The zero-order valence-corrected chi connectivity index (χ0v) is 16.3. The van der Waals surface area contributed by atoms with Gasteiger partial charge in [-0.2, -0.15) is 5.26 Å². The number of benzene rings is 2. The predicted molar refractivity (Wildman–Crippen MR) is 111 cm³/mol. The number of carbonyl (C=O) groups excluding carboxylic acids is 1. The lowest BCUT2D eigenvalue weighted by molar-refractivity contribution is -0.384. The van der Waals surface area contributed by atoms with Gasteiger partial charge in [0.15, 0.2) is 0 Å². The molecule has 0 spiro atoms. The van der Waals surface area contributed by atoms with Crippen LogP contribution in [-0.4, -0.2) is 21.9 Å². The van der Waals surface area contributed by atoms with Gasteiger partial charge >= 0.3 is 5.97 Å². The number of carboxylic acid groups (broad SMARTS) is 1. The fourth-order valence-electron chi connectivity index (χ4n) is 2.61. The van der Waals surface area contributed by atoms with E-state index >= 15 is 0 Å². The first kappa shape index (κ1) is 21.3. The van der Waals surface area contributed by atoms with Crippen molar-refractivity contribution < 1.29 is 24.0 Å². The number of hydrogen-bond acceptors (Lipinski definition) is 6. The Morgan fingerprint density at radius 2 is 1.97 bits per heavy atom. The highest BCUT2D eigenvalue weighted by atomic mass is 35.5. The van der Waals surface area contributed by atoms with Crippen molar-refractivity contribution in [1.29, 1.82) is 5.26 Å². The molecule has 1 amide bonds. The third-order valence-electron chi connectivity index (χ3n) is 4.07. The van der Waals surface area contributed by atoms with Gasteiger partial charge in [0.25, 0.3) is 11.6 Å². The molecule has 1 aromatic heterocycles. The van der Waals surface area contributed by atoms with E-state index in [1.54, 1.807) is 12.1 Å². The van der Waals surface area contributed by atoms with Gasteiger partial charge in [-0.25, -0.2) is 4.79 Å². The summed E-state index contributed by atoms with van der Waals surface area (Å²) >= 11 is 6.09. The van der Waals surface area contributed by atoms with Crippen LogP contribution in [0.5, 0.6) is 0 Å². The fraction of sp³-hybridized carbons (Fsp3) is 0. The topological polar surface area (TPSA) is 146 Å². The minimum absolute atomic E-state index is 0.0176. The highest BCUT2D eigenvalue weighted by Crippen LogP contribution is 2.32. The molecule has 0 aliphatic carbocycles. The monoisotopic (exact) mass is 437 g/mol. The van der Waals surface area contributed by atoms with Crippen molar-refractivity contribution in [2.45, 2.75) is 0 Å². The first-order chi connectivity index (χ1) is 14.8. The van der Waals surface area contributed by atoms with Crippen LogP contribution in [0.4, 0.5) is 11.4 Å². The van der Waals surface area contributed by atoms with Crippen LogP contribution < -0.4 is 5.32 Å². The number of nitriles is 1. The Morgan fingerprint density at radius 3 is 2.61 bits per heavy atom. The molecule has 154 valence electrons. The number of nitro groups is 1. The van der Waals surface area contributed by atoms with E-state index in [9.17, 15) is 25.0 Å². The Morgan fingerprint density at radius 1 is 1.19 bits per heavy atom. The summed E-state index contributed by atoms with van der Waals surface area (Å²) in [6, 6.07) is 14.3. The van der Waals surface area contributed by atoms with Crippen LogP contribution in [0.15, 0.2) is 64.6 Å². The van der Waals surface area contributed by atoms with Crippen molar-refractivity contribution in [2.24, 2.45) is 0 Å². The second-order valence-corrected chi connectivity index (χ2v) is 6.54. The number of non-ortho nitro benzene ring substituents is 1. The number of nitrogens with one attached hydrogen (secondary N) is 1. The summed E-state index contributed by atoms with van der Waals surface area (Å²) in [7, 11) is 0. The normalized spacial score (nSPS) is 10.9. The van der Waals surface area contributed by atoms with E-state index in [0.29, 0.717) is 5.56 Å². The van der Waals surface area contributed by atoms with Gasteiger partial charge in [-0.1, -0.05) is 17.7 Å². The summed E-state index contributed by atoms with van der Waals surface area (Å²) in [6.45, 7) is 0. The number of carbonyl (C=O) groups is 2. The summed E-state index contributed by atoms with van der Waals surface area (Å²) in [4.78, 5) is 33.7. The third-order valence-corrected chi connectivity index (χ3v) is 4.39. The minimum Gasteiger partial charge on any atom is -0.478 e. The summed E-state index contributed by atoms with van der Waals surface area (Å²) in [5.41, 5.74) is 0.146. The molecule has 2 N–H and O–H groups in total. The van der Waals surface area contributed by atoms with Crippen molar-refractivity contribution in [2.75, 3.05) is 5.32 Å². The highest BCUT2D eigenvalue weighted by molar-refractivity contribution is 6.33. The van der Waals surface area contributed by atoms with Gasteiger partial charge in [0.1, 0.15) is 23.2 Å². The van der Waals surface area contributed by atoms with Crippen molar-refractivity contribution >= 4 is 40.9 Å². The maximum Gasteiger partial charge on any atom is 0.335 e. The van der Waals surface area contributed by atoms with Crippen LogP contribution in [0.25, 0.3) is 17.4 Å². The number of carboxylic acids is 1. The summed E-state index contributed by atoms with van der Waals surface area (Å²) in [5, 5.41) is 31.7. The van der Waals surface area contributed by atoms with Crippen molar-refractivity contribution in [3.8, 4) is 17.4 Å². The van der Waals surface area contributed by atoms with Crippen LogP contribution in [0.3, 0.4) is 0 Å². The second-order valence-electron chi connectivity index (χ2n) is 6.13. The number of anilines is 1. The predicted octanol–water partition coefficient (Wildman–Crippen LogP) is 4.75. The summed E-state index contributed by atoms with van der Waals surface area (Å²) in [5.74, 6) is -1.44. The largest absolute Gasteiger partial charge is 0.478 e. The molecular weight excluding hydrogens is 426 g/mol. The standard InChI is InChI=1S/C21H12ClN3O6/c22-18-10-15(25(29)30)4-6-17(18)19-7-5-16(31-19)9-13(11-23)20(26)24-14-3-1-2-12(8-14)21(27)28/h1-10H,(H,24,26)(H,27,28)/b13-9-. The van der Waals surface area contributed by atoms with E-state index in [0.717, 1.165) is 0 Å². The molecule has 0 aliphatic heterocycles. The lowest BCUT2D eigenvalue weighted by Crippen LogP contribution is -2.13. The van der Waals surface area contributed by atoms with Crippen LogP contribution >= 0.6 is 11.6 Å². The molecule has 10 heteroatoms. The molecule has 0 saturated heterocycles. The average Bonchev–Trinajstić information content (AvgIpc) is 3.20. The molecule has 0 aliphatic rings. The molecule has 9 nitrogen and oxygen atoms in total. The van der Waals surface area contributed by atoms with Gasteiger partial charge in [-0.3, -0.25) is 14.9 Å². The first-order valence-electron chi connectivity index (χ1n) is 8.59. The van der Waals surface area contributed by atoms with Gasteiger partial charge in [0, 0.05) is 29.5 Å². The van der Waals surface area contributed by atoms with E-state index < -0.39 is 16.8 Å². The molecule has 3 aromatic rings. The molecule has 0 saturated carbocycles. The van der Waals surface area contributed by atoms with E-state index in [4.69, 9.17) is 21.1 Å². The third kappa shape index (κ3) is 4.95. The van der Waals surface area contributed by atoms with E-state index in [1.807, 2.05) is 0 Å². The lowest BCUT2D eigenvalue weighted by atomic mass is 10.1. The Hall–Kier alpha value is -4.42. The molecule has 1 heterocycles. The van der Waals surface area contributed by atoms with E-state index in [-0.39, 0.29) is 39.1 Å². The first-order valence-corrected chi connectivity index (χ1v) is 8.97.